The molecule has 0 aliphatic heterocycles. The van der Waals surface area contributed by atoms with E-state index in [1.807, 2.05) is 13.8 Å². The summed E-state index contributed by atoms with van der Waals surface area (Å²) in [6.45, 7) is 3.72. The third kappa shape index (κ3) is 4.20. The van der Waals surface area contributed by atoms with Crippen LogP contribution in [0.2, 0.25) is 0 Å². The van der Waals surface area contributed by atoms with Gasteiger partial charge in [0.1, 0.15) is 0 Å². The van der Waals surface area contributed by atoms with Crippen LogP contribution in [0.3, 0.4) is 0 Å². The molecule has 2 aromatic heterocycles. The van der Waals surface area contributed by atoms with Crippen LogP contribution in [0.1, 0.15) is 16.8 Å². The van der Waals surface area contributed by atoms with E-state index in [1.54, 1.807) is 71.4 Å². The molecule has 0 aliphatic rings. The SMILES string of the molecule is Cc1ccc(S(=O)(=O)c2ccc(-n3nc(C)cc3/N=C/c3c(O)[nH]c(=O)c4ccccc34)cc2)cc1. The van der Waals surface area contributed by atoms with Crippen molar-refractivity contribution in [2.24, 2.45) is 4.99 Å². The molecule has 36 heavy (non-hydrogen) atoms. The van der Waals surface area contributed by atoms with Crippen LogP contribution in [0.15, 0.2) is 98.4 Å². The van der Waals surface area contributed by atoms with Gasteiger partial charge in [-0.1, -0.05) is 35.9 Å². The van der Waals surface area contributed by atoms with Crippen LogP contribution >= 0.6 is 0 Å². The standard InChI is InChI=1S/C27H22N4O4S/c1-17-7-11-20(12-8-17)36(34,35)21-13-9-19(10-14-21)31-25(15-18(2)30-31)28-16-24-22-5-3-4-6-23(22)26(32)29-27(24)33/h3-16H,1-2H3,(H2,29,32,33)/b28-16+. The number of fused-ring (bicyclic) bond motifs is 1. The number of aliphatic imine (C=N–C) groups is 1. The molecule has 5 rings (SSSR count). The molecule has 0 spiro atoms. The van der Waals surface area contributed by atoms with Crippen molar-refractivity contribution in [2.45, 2.75) is 23.6 Å². The van der Waals surface area contributed by atoms with Gasteiger partial charge < -0.3 is 5.11 Å². The first-order valence-corrected chi connectivity index (χ1v) is 12.6. The maximum absolute atomic E-state index is 13.0. The summed E-state index contributed by atoms with van der Waals surface area (Å²) < 4.78 is 27.6. The first-order chi connectivity index (χ1) is 17.2. The van der Waals surface area contributed by atoms with Gasteiger partial charge in [0.15, 0.2) is 5.82 Å². The molecule has 0 bridgehead atoms. The molecule has 0 radical (unpaired) electrons. The fourth-order valence-corrected chi connectivity index (χ4v) is 5.20. The zero-order valence-corrected chi connectivity index (χ0v) is 20.3. The van der Waals surface area contributed by atoms with E-state index in [2.05, 4.69) is 15.1 Å². The minimum absolute atomic E-state index is 0.175. The normalized spacial score (nSPS) is 11.9. The number of benzene rings is 3. The molecule has 0 fully saturated rings. The third-order valence-electron chi connectivity index (χ3n) is 5.81. The Bertz CT molecular complexity index is 1780. The average Bonchev–Trinajstić information content (AvgIpc) is 3.24. The molecule has 0 unspecified atom stereocenters. The number of H-pyrrole nitrogens is 1. The topological polar surface area (TPSA) is 117 Å². The highest BCUT2D eigenvalue weighted by Gasteiger charge is 2.18. The Morgan fingerprint density at radius 1 is 0.917 bits per heavy atom. The Morgan fingerprint density at radius 2 is 1.53 bits per heavy atom. The smallest absolute Gasteiger partial charge is 0.258 e. The van der Waals surface area contributed by atoms with E-state index < -0.39 is 9.84 Å². The lowest BCUT2D eigenvalue weighted by Crippen LogP contribution is -2.07. The van der Waals surface area contributed by atoms with E-state index in [-0.39, 0.29) is 21.2 Å². The quantitative estimate of drug-likeness (QED) is 0.343. The Morgan fingerprint density at radius 3 is 2.19 bits per heavy atom. The second-order valence-corrected chi connectivity index (χ2v) is 10.3. The molecule has 9 heteroatoms. The van der Waals surface area contributed by atoms with E-state index in [0.29, 0.717) is 33.5 Å². The number of hydrogen-bond donors (Lipinski definition) is 2. The predicted octanol–water partition coefficient (Wildman–Crippen LogP) is 4.62. The van der Waals surface area contributed by atoms with Crippen molar-refractivity contribution in [3.63, 3.8) is 0 Å². The number of hydrogen-bond acceptors (Lipinski definition) is 6. The highest BCUT2D eigenvalue weighted by Crippen LogP contribution is 2.26. The van der Waals surface area contributed by atoms with Crippen LogP contribution in [0.4, 0.5) is 5.82 Å². The van der Waals surface area contributed by atoms with Crippen molar-refractivity contribution >= 4 is 32.6 Å². The largest absolute Gasteiger partial charge is 0.494 e. The Kier molecular flexibility index (Phi) is 5.77. The van der Waals surface area contributed by atoms with Gasteiger partial charge in [0, 0.05) is 23.1 Å². The van der Waals surface area contributed by atoms with Gasteiger partial charge in [-0.3, -0.25) is 9.78 Å². The van der Waals surface area contributed by atoms with Gasteiger partial charge in [-0.05, 0) is 56.3 Å². The highest BCUT2D eigenvalue weighted by molar-refractivity contribution is 7.91. The van der Waals surface area contributed by atoms with Crippen molar-refractivity contribution in [3.05, 3.63) is 106 Å². The minimum Gasteiger partial charge on any atom is -0.494 e. The molecule has 0 atom stereocenters. The fraction of sp³-hybridized carbons (Fsp3) is 0.0741. The van der Waals surface area contributed by atoms with E-state index in [9.17, 15) is 18.3 Å². The lowest BCUT2D eigenvalue weighted by Gasteiger charge is -2.08. The Labute approximate surface area is 207 Å². The number of nitrogens with zero attached hydrogens (tertiary/aromatic N) is 3. The van der Waals surface area contributed by atoms with Gasteiger partial charge >= 0.3 is 0 Å². The lowest BCUT2D eigenvalue weighted by molar-refractivity contribution is 0.452. The van der Waals surface area contributed by atoms with Crippen molar-refractivity contribution in [3.8, 4) is 11.6 Å². The van der Waals surface area contributed by atoms with E-state index >= 15 is 0 Å². The number of sulfone groups is 1. The summed E-state index contributed by atoms with van der Waals surface area (Å²) in [5.74, 6) is 0.187. The maximum Gasteiger partial charge on any atom is 0.258 e. The van der Waals surface area contributed by atoms with Crippen LogP contribution in [-0.4, -0.2) is 34.5 Å². The van der Waals surface area contributed by atoms with Crippen LogP contribution < -0.4 is 5.56 Å². The molecule has 0 saturated carbocycles. The number of aromatic amines is 1. The minimum atomic E-state index is -3.65. The van der Waals surface area contributed by atoms with Crippen LogP contribution in [-0.2, 0) is 9.84 Å². The molecule has 0 aliphatic carbocycles. The number of pyridine rings is 1. The fourth-order valence-electron chi connectivity index (χ4n) is 3.93. The van der Waals surface area contributed by atoms with Crippen LogP contribution in [0, 0.1) is 13.8 Å². The van der Waals surface area contributed by atoms with Crippen molar-refractivity contribution < 1.29 is 13.5 Å². The molecule has 0 amide bonds. The molecular weight excluding hydrogens is 476 g/mol. The molecule has 0 saturated heterocycles. The van der Waals surface area contributed by atoms with Gasteiger partial charge in [-0.15, -0.1) is 0 Å². The summed E-state index contributed by atoms with van der Waals surface area (Å²) in [6, 6.07) is 21.8. The second kappa shape index (κ2) is 8.94. The van der Waals surface area contributed by atoms with Crippen molar-refractivity contribution in [2.75, 3.05) is 0 Å². The number of aryl methyl sites for hydroxylation is 2. The van der Waals surface area contributed by atoms with Gasteiger partial charge in [0.2, 0.25) is 15.7 Å². The zero-order valence-electron chi connectivity index (χ0n) is 19.5. The monoisotopic (exact) mass is 498 g/mol. The summed E-state index contributed by atoms with van der Waals surface area (Å²) in [7, 11) is -3.65. The summed E-state index contributed by atoms with van der Waals surface area (Å²) >= 11 is 0. The number of aromatic nitrogens is 3. The first kappa shape index (κ1) is 23.3. The summed E-state index contributed by atoms with van der Waals surface area (Å²) in [5, 5.41) is 15.8. The molecular formula is C27H22N4O4S. The Balaban J connectivity index is 1.51. The zero-order chi connectivity index (χ0) is 25.4. The number of rotatable bonds is 5. The van der Waals surface area contributed by atoms with Crippen LogP contribution in [0.5, 0.6) is 5.88 Å². The number of aromatic hydroxyl groups is 1. The maximum atomic E-state index is 13.0. The predicted molar refractivity (Wildman–Crippen MR) is 138 cm³/mol. The van der Waals surface area contributed by atoms with Gasteiger partial charge in [-0.25, -0.2) is 18.1 Å². The third-order valence-corrected chi connectivity index (χ3v) is 7.60. The molecule has 2 N–H and O–H groups in total. The second-order valence-electron chi connectivity index (χ2n) is 8.39. The first-order valence-electron chi connectivity index (χ1n) is 11.1. The van der Waals surface area contributed by atoms with Gasteiger partial charge in [0.05, 0.1) is 26.7 Å². The van der Waals surface area contributed by atoms with Gasteiger partial charge in [0.25, 0.3) is 5.56 Å². The van der Waals surface area contributed by atoms with Crippen LogP contribution in [0.25, 0.3) is 16.5 Å². The average molecular weight is 499 g/mol. The highest BCUT2D eigenvalue weighted by atomic mass is 32.2. The molecule has 180 valence electrons. The van der Waals surface area contributed by atoms with Crippen molar-refractivity contribution in [1.82, 2.24) is 14.8 Å². The van der Waals surface area contributed by atoms with E-state index in [0.717, 1.165) is 5.56 Å². The Hall–Kier alpha value is -4.50. The van der Waals surface area contributed by atoms with E-state index in [1.165, 1.54) is 18.3 Å². The summed E-state index contributed by atoms with van der Waals surface area (Å²) in [5.41, 5.74) is 2.29. The summed E-state index contributed by atoms with van der Waals surface area (Å²) in [4.78, 5) is 19.5. The molecule has 2 heterocycles. The van der Waals surface area contributed by atoms with Gasteiger partial charge in [-0.2, -0.15) is 5.10 Å². The molecule has 3 aromatic carbocycles. The molecule has 8 nitrogen and oxygen atoms in total. The van der Waals surface area contributed by atoms with E-state index in [4.69, 9.17) is 0 Å². The number of nitrogens with one attached hydrogen (secondary N) is 1. The molecule has 5 aromatic rings. The lowest BCUT2D eigenvalue weighted by atomic mass is 10.1. The van der Waals surface area contributed by atoms with Crippen molar-refractivity contribution in [1.29, 1.82) is 0 Å². The summed E-state index contributed by atoms with van der Waals surface area (Å²) in [6.07, 6.45) is 1.47.